The highest BCUT2D eigenvalue weighted by Gasteiger charge is 2.23. The summed E-state index contributed by atoms with van der Waals surface area (Å²) < 4.78 is 2.01. The average Bonchev–Trinajstić information content (AvgIpc) is 3.09. The molecule has 0 spiro atoms. The number of aromatic nitrogens is 3. The molecule has 1 N–H and O–H groups in total. The van der Waals surface area contributed by atoms with E-state index in [0.717, 1.165) is 25.6 Å². The van der Waals surface area contributed by atoms with Crippen molar-refractivity contribution in [1.29, 1.82) is 0 Å². The third-order valence-electron chi connectivity index (χ3n) is 4.83. The van der Waals surface area contributed by atoms with Gasteiger partial charge in [0.2, 0.25) is 0 Å². The summed E-state index contributed by atoms with van der Waals surface area (Å²) >= 11 is 0. The molecule has 1 fully saturated rings. The van der Waals surface area contributed by atoms with Crippen LogP contribution in [0.25, 0.3) is 0 Å². The van der Waals surface area contributed by atoms with Crippen molar-refractivity contribution >= 4 is 0 Å². The van der Waals surface area contributed by atoms with Crippen molar-refractivity contribution in [2.24, 2.45) is 11.8 Å². The van der Waals surface area contributed by atoms with Gasteiger partial charge in [-0.05, 0) is 62.6 Å². The maximum absolute atomic E-state index is 4.17. The predicted octanol–water partition coefficient (Wildman–Crippen LogP) is 2.92. The molecule has 1 aliphatic heterocycles. The highest BCUT2D eigenvalue weighted by Crippen LogP contribution is 2.28. The molecule has 1 atom stereocenters. The first-order valence-corrected chi connectivity index (χ1v) is 8.50. The lowest BCUT2D eigenvalue weighted by Crippen LogP contribution is -2.33. The summed E-state index contributed by atoms with van der Waals surface area (Å²) in [6.07, 6.45) is 10.1. The Morgan fingerprint density at radius 3 is 2.73 bits per heavy atom. The molecule has 0 saturated carbocycles. The van der Waals surface area contributed by atoms with Crippen LogP contribution in [-0.2, 0) is 13.0 Å². The SMILES string of the molecule is c1ccc(CCCC(Cn2ccnn2)C2CCNCC2)cc1. The first-order valence-electron chi connectivity index (χ1n) is 8.50. The summed E-state index contributed by atoms with van der Waals surface area (Å²) in [5, 5.41) is 11.6. The van der Waals surface area contributed by atoms with Crippen LogP contribution in [0.15, 0.2) is 42.7 Å². The van der Waals surface area contributed by atoms with Crippen LogP contribution < -0.4 is 5.32 Å². The van der Waals surface area contributed by atoms with E-state index in [9.17, 15) is 0 Å². The monoisotopic (exact) mass is 298 g/mol. The van der Waals surface area contributed by atoms with Crippen LogP contribution in [0.4, 0.5) is 0 Å². The molecule has 118 valence electrons. The first-order chi connectivity index (χ1) is 10.9. The minimum Gasteiger partial charge on any atom is -0.317 e. The van der Waals surface area contributed by atoms with Crippen molar-refractivity contribution in [3.63, 3.8) is 0 Å². The van der Waals surface area contributed by atoms with E-state index in [2.05, 4.69) is 46.0 Å². The molecule has 0 radical (unpaired) electrons. The van der Waals surface area contributed by atoms with Crippen LogP contribution in [0, 0.1) is 11.8 Å². The molecule has 1 aromatic carbocycles. The van der Waals surface area contributed by atoms with Crippen LogP contribution >= 0.6 is 0 Å². The molecule has 1 unspecified atom stereocenters. The van der Waals surface area contributed by atoms with Gasteiger partial charge in [-0.3, -0.25) is 4.68 Å². The van der Waals surface area contributed by atoms with Gasteiger partial charge in [0.05, 0.1) is 6.20 Å². The number of nitrogens with one attached hydrogen (secondary N) is 1. The van der Waals surface area contributed by atoms with Gasteiger partial charge in [-0.1, -0.05) is 35.5 Å². The van der Waals surface area contributed by atoms with E-state index in [0.29, 0.717) is 5.92 Å². The Morgan fingerprint density at radius 2 is 2.00 bits per heavy atom. The third kappa shape index (κ3) is 4.41. The van der Waals surface area contributed by atoms with Crippen molar-refractivity contribution < 1.29 is 0 Å². The molecule has 3 rings (SSSR count). The van der Waals surface area contributed by atoms with E-state index in [1.54, 1.807) is 6.20 Å². The van der Waals surface area contributed by atoms with E-state index in [1.807, 2.05) is 10.9 Å². The highest BCUT2D eigenvalue weighted by atomic mass is 15.4. The Morgan fingerprint density at radius 1 is 1.18 bits per heavy atom. The van der Waals surface area contributed by atoms with Crippen LogP contribution in [0.3, 0.4) is 0 Å². The fraction of sp³-hybridized carbons (Fsp3) is 0.556. The number of hydrogen-bond acceptors (Lipinski definition) is 3. The van der Waals surface area contributed by atoms with Crippen LogP contribution in [0.2, 0.25) is 0 Å². The van der Waals surface area contributed by atoms with Crippen molar-refractivity contribution in [2.75, 3.05) is 13.1 Å². The summed E-state index contributed by atoms with van der Waals surface area (Å²) in [4.78, 5) is 0. The summed E-state index contributed by atoms with van der Waals surface area (Å²) in [5.41, 5.74) is 1.45. The Hall–Kier alpha value is -1.68. The molecule has 2 aromatic rings. The van der Waals surface area contributed by atoms with Gasteiger partial charge >= 0.3 is 0 Å². The zero-order valence-electron chi connectivity index (χ0n) is 13.2. The smallest absolute Gasteiger partial charge is 0.0692 e. The molecule has 4 nitrogen and oxygen atoms in total. The molecular weight excluding hydrogens is 272 g/mol. The first kappa shape index (κ1) is 15.2. The zero-order valence-corrected chi connectivity index (χ0v) is 13.2. The van der Waals surface area contributed by atoms with E-state index in [1.165, 1.54) is 37.7 Å². The number of hydrogen-bond donors (Lipinski definition) is 1. The Labute approximate surface area is 132 Å². The standard InChI is InChI=1S/C18H26N4/c1-2-5-16(6-3-1)7-4-8-18(15-22-14-13-20-21-22)17-9-11-19-12-10-17/h1-3,5-6,13-14,17-19H,4,7-12,15H2. The van der Waals surface area contributed by atoms with Crippen LogP contribution in [0.1, 0.15) is 31.2 Å². The number of aryl methyl sites for hydroxylation is 1. The van der Waals surface area contributed by atoms with E-state index >= 15 is 0 Å². The van der Waals surface area contributed by atoms with Crippen molar-refractivity contribution in [3.8, 4) is 0 Å². The Kier molecular flexibility index (Phi) is 5.59. The molecule has 1 aromatic heterocycles. The third-order valence-corrected chi connectivity index (χ3v) is 4.83. The predicted molar refractivity (Wildman–Crippen MR) is 88.5 cm³/mol. The van der Waals surface area contributed by atoms with E-state index in [4.69, 9.17) is 0 Å². The summed E-state index contributed by atoms with van der Waals surface area (Å²) in [7, 11) is 0. The molecule has 1 saturated heterocycles. The number of nitrogens with zero attached hydrogens (tertiary/aromatic N) is 3. The molecular formula is C18H26N4. The van der Waals surface area contributed by atoms with Gasteiger partial charge in [-0.15, -0.1) is 5.10 Å². The number of piperidine rings is 1. The molecule has 1 aliphatic rings. The quantitative estimate of drug-likeness (QED) is 0.854. The Balaban J connectivity index is 1.55. The summed E-state index contributed by atoms with van der Waals surface area (Å²) in [6.45, 7) is 3.34. The summed E-state index contributed by atoms with van der Waals surface area (Å²) in [6, 6.07) is 10.8. The van der Waals surface area contributed by atoms with Crippen LogP contribution in [-0.4, -0.2) is 28.1 Å². The van der Waals surface area contributed by atoms with E-state index < -0.39 is 0 Å². The normalized spacial score (nSPS) is 17.5. The van der Waals surface area contributed by atoms with Crippen molar-refractivity contribution in [3.05, 3.63) is 48.3 Å². The second kappa shape index (κ2) is 8.08. The minimum atomic E-state index is 0.715. The van der Waals surface area contributed by atoms with Gasteiger partial charge in [0.25, 0.3) is 0 Å². The molecule has 0 amide bonds. The lowest BCUT2D eigenvalue weighted by molar-refractivity contribution is 0.212. The van der Waals surface area contributed by atoms with Gasteiger partial charge in [-0.2, -0.15) is 0 Å². The van der Waals surface area contributed by atoms with Gasteiger partial charge in [-0.25, -0.2) is 0 Å². The average molecular weight is 298 g/mol. The molecule has 0 aliphatic carbocycles. The van der Waals surface area contributed by atoms with Crippen molar-refractivity contribution in [1.82, 2.24) is 20.3 Å². The lowest BCUT2D eigenvalue weighted by atomic mass is 9.81. The van der Waals surface area contributed by atoms with Crippen LogP contribution in [0.5, 0.6) is 0 Å². The largest absolute Gasteiger partial charge is 0.317 e. The lowest BCUT2D eigenvalue weighted by Gasteiger charge is -2.30. The van der Waals surface area contributed by atoms with Gasteiger partial charge in [0.15, 0.2) is 0 Å². The molecule has 22 heavy (non-hydrogen) atoms. The maximum Gasteiger partial charge on any atom is 0.0692 e. The Bertz CT molecular complexity index is 517. The second-order valence-corrected chi connectivity index (χ2v) is 6.35. The molecule has 0 bridgehead atoms. The van der Waals surface area contributed by atoms with Gasteiger partial charge < -0.3 is 5.32 Å². The highest BCUT2D eigenvalue weighted by molar-refractivity contribution is 5.14. The van der Waals surface area contributed by atoms with Gasteiger partial charge in [0, 0.05) is 12.7 Å². The van der Waals surface area contributed by atoms with Gasteiger partial charge in [0.1, 0.15) is 0 Å². The van der Waals surface area contributed by atoms with Crippen molar-refractivity contribution in [2.45, 2.75) is 38.6 Å². The molecule has 2 heterocycles. The topological polar surface area (TPSA) is 42.7 Å². The minimum absolute atomic E-state index is 0.715. The zero-order chi connectivity index (χ0) is 15.0. The fourth-order valence-electron chi connectivity index (χ4n) is 3.58. The summed E-state index contributed by atoms with van der Waals surface area (Å²) in [5.74, 6) is 1.54. The second-order valence-electron chi connectivity index (χ2n) is 6.35. The number of rotatable bonds is 7. The molecule has 4 heteroatoms. The van der Waals surface area contributed by atoms with E-state index in [-0.39, 0.29) is 0 Å². The number of benzene rings is 1. The fourth-order valence-corrected chi connectivity index (χ4v) is 3.58. The maximum atomic E-state index is 4.17.